The highest BCUT2D eigenvalue weighted by atomic mass is 16.5. The van der Waals surface area contributed by atoms with Crippen molar-refractivity contribution in [2.75, 3.05) is 13.7 Å². The van der Waals surface area contributed by atoms with Gasteiger partial charge in [-0.15, -0.1) is 0 Å². The minimum absolute atomic E-state index is 0.0955. The van der Waals surface area contributed by atoms with Crippen LogP contribution in [-0.2, 0) is 16.0 Å². The number of hydrogen-bond acceptors (Lipinski definition) is 4. The molecule has 0 fully saturated rings. The molecule has 0 aromatic heterocycles. The number of carbonyl (C=O) groups is 2. The first kappa shape index (κ1) is 14.1. The molecule has 1 amide bonds. The van der Waals surface area contributed by atoms with Crippen LogP contribution in [0.4, 0.5) is 0 Å². The van der Waals surface area contributed by atoms with E-state index in [1.807, 2.05) is 19.1 Å². The van der Waals surface area contributed by atoms with E-state index in [1.54, 1.807) is 6.07 Å². The van der Waals surface area contributed by atoms with Gasteiger partial charge >= 0.3 is 5.97 Å². The summed E-state index contributed by atoms with van der Waals surface area (Å²) in [6.07, 6.45) is 3.72. The standard InChI is InChI=1S/C15H17NO4/c1-10-9-11-5-3-6-12(14(11)20-10)15(18)16-8-4-7-13(17)19-2/h3-7,10H,8-9H2,1-2H3,(H,16,18)/b7-4+. The maximum Gasteiger partial charge on any atom is 0.330 e. The van der Waals surface area contributed by atoms with Gasteiger partial charge in [-0.05, 0) is 18.6 Å². The summed E-state index contributed by atoms with van der Waals surface area (Å²) >= 11 is 0. The van der Waals surface area contributed by atoms with Gasteiger partial charge in [0, 0.05) is 19.0 Å². The van der Waals surface area contributed by atoms with Crippen LogP contribution < -0.4 is 10.1 Å². The number of ether oxygens (including phenoxy) is 2. The fourth-order valence-corrected chi connectivity index (χ4v) is 2.09. The minimum Gasteiger partial charge on any atom is -0.489 e. The summed E-state index contributed by atoms with van der Waals surface area (Å²) in [5.74, 6) is -0.00285. The quantitative estimate of drug-likeness (QED) is 0.667. The highest BCUT2D eigenvalue weighted by Gasteiger charge is 2.24. The lowest BCUT2D eigenvalue weighted by molar-refractivity contribution is -0.134. The normalized spacial score (nSPS) is 16.6. The van der Waals surface area contributed by atoms with E-state index in [0.29, 0.717) is 11.3 Å². The van der Waals surface area contributed by atoms with Crippen molar-refractivity contribution in [3.8, 4) is 5.75 Å². The molecular weight excluding hydrogens is 258 g/mol. The smallest absolute Gasteiger partial charge is 0.330 e. The molecule has 0 radical (unpaired) electrons. The van der Waals surface area contributed by atoms with Crippen LogP contribution in [0, 0.1) is 0 Å². The van der Waals surface area contributed by atoms with Crippen molar-refractivity contribution in [3.63, 3.8) is 0 Å². The molecule has 0 saturated carbocycles. The molecule has 1 aromatic carbocycles. The summed E-state index contributed by atoms with van der Waals surface area (Å²) in [5.41, 5.74) is 1.58. The van der Waals surface area contributed by atoms with Gasteiger partial charge in [0.1, 0.15) is 11.9 Å². The number of carbonyl (C=O) groups excluding carboxylic acids is 2. The largest absolute Gasteiger partial charge is 0.489 e. The van der Waals surface area contributed by atoms with Crippen LogP contribution in [0.15, 0.2) is 30.4 Å². The number of para-hydroxylation sites is 1. The van der Waals surface area contributed by atoms with Crippen molar-refractivity contribution < 1.29 is 19.1 Å². The fourth-order valence-electron chi connectivity index (χ4n) is 2.09. The molecule has 1 aliphatic rings. The Morgan fingerprint density at radius 2 is 2.30 bits per heavy atom. The lowest BCUT2D eigenvalue weighted by Crippen LogP contribution is -2.24. The Labute approximate surface area is 117 Å². The van der Waals surface area contributed by atoms with Gasteiger partial charge in [0.25, 0.3) is 5.91 Å². The molecule has 0 bridgehead atoms. The zero-order chi connectivity index (χ0) is 14.5. The van der Waals surface area contributed by atoms with Gasteiger partial charge in [0.15, 0.2) is 0 Å². The SMILES string of the molecule is COC(=O)/C=C/CNC(=O)c1cccc2c1OC(C)C2. The molecule has 0 saturated heterocycles. The summed E-state index contributed by atoms with van der Waals surface area (Å²) in [5, 5.41) is 2.71. The molecule has 0 spiro atoms. The second-order valence-electron chi connectivity index (χ2n) is 4.56. The first-order valence-electron chi connectivity index (χ1n) is 6.43. The molecule has 1 N–H and O–H groups in total. The van der Waals surface area contributed by atoms with E-state index < -0.39 is 5.97 Å². The maximum absolute atomic E-state index is 12.1. The molecule has 0 aliphatic carbocycles. The molecule has 1 aliphatic heterocycles. The fraction of sp³-hybridized carbons (Fsp3) is 0.333. The van der Waals surface area contributed by atoms with Gasteiger partial charge < -0.3 is 14.8 Å². The van der Waals surface area contributed by atoms with Crippen molar-refractivity contribution in [1.29, 1.82) is 0 Å². The third-order valence-corrected chi connectivity index (χ3v) is 3.00. The third kappa shape index (κ3) is 3.17. The second kappa shape index (κ2) is 6.23. The number of amides is 1. The minimum atomic E-state index is -0.447. The molecule has 20 heavy (non-hydrogen) atoms. The van der Waals surface area contributed by atoms with Crippen LogP contribution in [0.25, 0.3) is 0 Å². The Hall–Kier alpha value is -2.30. The van der Waals surface area contributed by atoms with E-state index in [0.717, 1.165) is 12.0 Å². The van der Waals surface area contributed by atoms with Crippen molar-refractivity contribution in [2.45, 2.75) is 19.4 Å². The Bertz CT molecular complexity index is 551. The van der Waals surface area contributed by atoms with E-state index in [1.165, 1.54) is 19.3 Å². The van der Waals surface area contributed by atoms with Crippen LogP contribution in [0.2, 0.25) is 0 Å². The monoisotopic (exact) mass is 275 g/mol. The third-order valence-electron chi connectivity index (χ3n) is 3.00. The number of rotatable bonds is 4. The molecule has 1 atom stereocenters. The second-order valence-corrected chi connectivity index (χ2v) is 4.56. The van der Waals surface area contributed by atoms with Crippen LogP contribution in [0.3, 0.4) is 0 Å². The zero-order valence-electron chi connectivity index (χ0n) is 11.5. The Kier molecular flexibility index (Phi) is 4.40. The Balaban J connectivity index is 1.99. The predicted octanol–water partition coefficient (Wildman–Crippen LogP) is 1.47. The van der Waals surface area contributed by atoms with Crippen LogP contribution in [0.1, 0.15) is 22.8 Å². The molecule has 1 unspecified atom stereocenters. The van der Waals surface area contributed by atoms with Gasteiger partial charge in [0.2, 0.25) is 0 Å². The van der Waals surface area contributed by atoms with Gasteiger partial charge in [-0.3, -0.25) is 4.79 Å². The van der Waals surface area contributed by atoms with Crippen LogP contribution in [-0.4, -0.2) is 31.6 Å². The van der Waals surface area contributed by atoms with E-state index in [4.69, 9.17) is 4.74 Å². The van der Waals surface area contributed by atoms with Crippen molar-refractivity contribution >= 4 is 11.9 Å². The van der Waals surface area contributed by atoms with E-state index in [-0.39, 0.29) is 18.6 Å². The predicted molar refractivity (Wildman–Crippen MR) is 73.7 cm³/mol. The first-order chi connectivity index (χ1) is 9.61. The lowest BCUT2D eigenvalue weighted by atomic mass is 10.1. The summed E-state index contributed by atoms with van der Waals surface area (Å²) in [7, 11) is 1.30. The van der Waals surface area contributed by atoms with Gasteiger partial charge in [0.05, 0.1) is 12.7 Å². The molecule has 2 rings (SSSR count). The van der Waals surface area contributed by atoms with E-state index >= 15 is 0 Å². The molecular formula is C15H17NO4. The van der Waals surface area contributed by atoms with Crippen LogP contribution >= 0.6 is 0 Å². The summed E-state index contributed by atoms with van der Waals surface area (Å²) < 4.78 is 10.1. The summed E-state index contributed by atoms with van der Waals surface area (Å²) in [4.78, 5) is 23.0. The average molecular weight is 275 g/mol. The van der Waals surface area contributed by atoms with E-state index in [9.17, 15) is 9.59 Å². The average Bonchev–Trinajstić information content (AvgIpc) is 2.82. The lowest BCUT2D eigenvalue weighted by Gasteiger charge is -2.08. The van der Waals surface area contributed by atoms with Crippen molar-refractivity contribution in [2.24, 2.45) is 0 Å². The van der Waals surface area contributed by atoms with Crippen molar-refractivity contribution in [1.82, 2.24) is 5.32 Å². The highest BCUT2D eigenvalue weighted by Crippen LogP contribution is 2.32. The topological polar surface area (TPSA) is 64.6 Å². The van der Waals surface area contributed by atoms with Gasteiger partial charge in [-0.1, -0.05) is 18.2 Å². The summed E-state index contributed by atoms with van der Waals surface area (Å²) in [6, 6.07) is 5.54. The zero-order valence-corrected chi connectivity index (χ0v) is 11.5. The number of methoxy groups -OCH3 is 1. The summed E-state index contributed by atoms with van der Waals surface area (Å²) in [6.45, 7) is 2.23. The number of fused-ring (bicyclic) bond motifs is 1. The number of benzene rings is 1. The molecule has 1 aromatic rings. The number of nitrogens with one attached hydrogen (secondary N) is 1. The molecule has 5 heteroatoms. The number of hydrogen-bond donors (Lipinski definition) is 1. The maximum atomic E-state index is 12.1. The Morgan fingerprint density at radius 3 is 3.05 bits per heavy atom. The number of esters is 1. The highest BCUT2D eigenvalue weighted by molar-refractivity contribution is 5.97. The van der Waals surface area contributed by atoms with Crippen molar-refractivity contribution in [3.05, 3.63) is 41.5 Å². The molecule has 5 nitrogen and oxygen atoms in total. The molecule has 1 heterocycles. The molecule has 106 valence electrons. The first-order valence-corrected chi connectivity index (χ1v) is 6.43. The van der Waals surface area contributed by atoms with Crippen LogP contribution in [0.5, 0.6) is 5.75 Å². The Morgan fingerprint density at radius 1 is 1.50 bits per heavy atom. The van der Waals surface area contributed by atoms with Gasteiger partial charge in [-0.2, -0.15) is 0 Å². The van der Waals surface area contributed by atoms with E-state index in [2.05, 4.69) is 10.1 Å². The van der Waals surface area contributed by atoms with Gasteiger partial charge in [-0.25, -0.2) is 4.79 Å².